The average Bonchev–Trinajstić information content (AvgIpc) is 2.54. The molecule has 0 unspecified atom stereocenters. The lowest BCUT2D eigenvalue weighted by atomic mass is 10.00. The summed E-state index contributed by atoms with van der Waals surface area (Å²) in [5.41, 5.74) is 2.39. The van der Waals surface area contributed by atoms with Gasteiger partial charge < -0.3 is 0 Å². The van der Waals surface area contributed by atoms with Crippen molar-refractivity contribution in [3.05, 3.63) is 47.6 Å². The Morgan fingerprint density at radius 1 is 0.875 bits per heavy atom. The molecule has 0 bridgehead atoms. The molecule has 0 spiro atoms. The van der Waals surface area contributed by atoms with E-state index in [4.69, 9.17) is 10.5 Å². The molecule has 2 rings (SSSR count). The molecule has 0 N–H and O–H groups in total. The lowest BCUT2D eigenvalue weighted by Crippen LogP contribution is -2.01. The van der Waals surface area contributed by atoms with E-state index in [2.05, 4.69) is 12.1 Å². The molecule has 0 aromatic rings. The first kappa shape index (κ1) is 10.5. The quantitative estimate of drug-likeness (QED) is 0.614. The zero-order valence-electron chi connectivity index (χ0n) is 8.93. The highest BCUT2D eigenvalue weighted by Crippen LogP contribution is 2.37. The average molecular weight is 208 g/mol. The van der Waals surface area contributed by atoms with Gasteiger partial charge in [-0.3, -0.25) is 0 Å². The monoisotopic (exact) mass is 208 g/mol. The standard InChI is InChI=1S/C14H12N2/c15-9-13-7-12(8-14(13)10-16)11-5-3-1-2-4-6-11/h1-6,13-14H,7-8H2/t13-,14-/m1/s1. The first-order valence-corrected chi connectivity index (χ1v) is 5.38. The summed E-state index contributed by atoms with van der Waals surface area (Å²) in [6.07, 6.45) is 13.5. The van der Waals surface area contributed by atoms with Crippen molar-refractivity contribution in [2.24, 2.45) is 11.8 Å². The summed E-state index contributed by atoms with van der Waals surface area (Å²) >= 11 is 0. The van der Waals surface area contributed by atoms with E-state index in [0.29, 0.717) is 0 Å². The van der Waals surface area contributed by atoms with Gasteiger partial charge in [-0.2, -0.15) is 10.5 Å². The zero-order chi connectivity index (χ0) is 11.4. The second-order valence-electron chi connectivity index (χ2n) is 4.04. The Bertz CT molecular complexity index is 436. The molecule has 0 heterocycles. The van der Waals surface area contributed by atoms with Crippen LogP contribution in [0.2, 0.25) is 0 Å². The van der Waals surface area contributed by atoms with Gasteiger partial charge >= 0.3 is 0 Å². The summed E-state index contributed by atoms with van der Waals surface area (Å²) in [6.45, 7) is 0. The molecule has 0 radical (unpaired) electrons. The van der Waals surface area contributed by atoms with Gasteiger partial charge in [0.1, 0.15) is 0 Å². The number of hydrogen-bond donors (Lipinski definition) is 0. The van der Waals surface area contributed by atoms with E-state index in [1.807, 2.05) is 36.5 Å². The number of rotatable bonds is 0. The number of allylic oxidation sites excluding steroid dienone is 8. The minimum atomic E-state index is -0.134. The van der Waals surface area contributed by atoms with Gasteiger partial charge in [0.15, 0.2) is 0 Å². The first-order valence-electron chi connectivity index (χ1n) is 5.38. The number of nitriles is 2. The van der Waals surface area contributed by atoms with E-state index in [-0.39, 0.29) is 11.8 Å². The fraction of sp³-hybridized carbons (Fsp3) is 0.286. The molecule has 78 valence electrons. The van der Waals surface area contributed by atoms with Crippen molar-refractivity contribution in [3.8, 4) is 12.1 Å². The van der Waals surface area contributed by atoms with Crippen LogP contribution in [-0.4, -0.2) is 0 Å². The van der Waals surface area contributed by atoms with Crippen molar-refractivity contribution in [1.29, 1.82) is 10.5 Å². The first-order chi connectivity index (χ1) is 7.85. The SMILES string of the molecule is N#C[C@H]1CC(=C2C=CC=CC=C2)C[C@@H]1C#N. The molecule has 2 heteroatoms. The van der Waals surface area contributed by atoms with Crippen LogP contribution < -0.4 is 0 Å². The summed E-state index contributed by atoms with van der Waals surface area (Å²) in [4.78, 5) is 0. The van der Waals surface area contributed by atoms with E-state index in [1.54, 1.807) is 0 Å². The van der Waals surface area contributed by atoms with Gasteiger partial charge in [-0.25, -0.2) is 0 Å². The predicted molar refractivity (Wildman–Crippen MR) is 61.9 cm³/mol. The Kier molecular flexibility index (Phi) is 3.03. The maximum atomic E-state index is 8.97. The normalized spacial score (nSPS) is 27.6. The van der Waals surface area contributed by atoms with Crippen LogP contribution in [0.15, 0.2) is 47.6 Å². The summed E-state index contributed by atoms with van der Waals surface area (Å²) in [5.74, 6) is -0.268. The van der Waals surface area contributed by atoms with Gasteiger partial charge in [0, 0.05) is 0 Å². The molecular weight excluding hydrogens is 196 g/mol. The highest BCUT2D eigenvalue weighted by atomic mass is 14.4. The lowest BCUT2D eigenvalue weighted by Gasteiger charge is -2.00. The number of hydrogen-bond acceptors (Lipinski definition) is 2. The third-order valence-corrected chi connectivity index (χ3v) is 3.04. The molecule has 1 saturated carbocycles. The molecule has 1 fully saturated rings. The third-order valence-electron chi connectivity index (χ3n) is 3.04. The van der Waals surface area contributed by atoms with Crippen LogP contribution in [0.5, 0.6) is 0 Å². The Morgan fingerprint density at radius 2 is 1.38 bits per heavy atom. The largest absolute Gasteiger partial charge is 0.198 e. The van der Waals surface area contributed by atoms with E-state index in [1.165, 1.54) is 5.57 Å². The Morgan fingerprint density at radius 3 is 1.81 bits per heavy atom. The smallest absolute Gasteiger partial charge is 0.0673 e. The van der Waals surface area contributed by atoms with E-state index >= 15 is 0 Å². The lowest BCUT2D eigenvalue weighted by molar-refractivity contribution is 0.582. The van der Waals surface area contributed by atoms with Gasteiger partial charge in [-0.05, 0) is 18.4 Å². The second kappa shape index (κ2) is 4.64. The van der Waals surface area contributed by atoms with Crippen LogP contribution in [0, 0.1) is 34.5 Å². The summed E-state index contributed by atoms with van der Waals surface area (Å²) in [7, 11) is 0. The number of nitrogens with zero attached hydrogens (tertiary/aromatic N) is 2. The van der Waals surface area contributed by atoms with Crippen molar-refractivity contribution in [3.63, 3.8) is 0 Å². The van der Waals surface area contributed by atoms with E-state index < -0.39 is 0 Å². The van der Waals surface area contributed by atoms with Crippen molar-refractivity contribution < 1.29 is 0 Å². The highest BCUT2D eigenvalue weighted by Gasteiger charge is 2.31. The molecule has 2 aliphatic rings. The Hall–Kier alpha value is -2.06. The Balaban J connectivity index is 2.28. The molecule has 0 amide bonds. The fourth-order valence-corrected chi connectivity index (χ4v) is 2.14. The van der Waals surface area contributed by atoms with Gasteiger partial charge in [-0.1, -0.05) is 42.0 Å². The Labute approximate surface area is 95.5 Å². The molecular formula is C14H12N2. The minimum Gasteiger partial charge on any atom is -0.198 e. The molecule has 2 aliphatic carbocycles. The molecule has 0 aromatic heterocycles. The topological polar surface area (TPSA) is 47.6 Å². The van der Waals surface area contributed by atoms with Crippen LogP contribution in [0.3, 0.4) is 0 Å². The molecule has 2 atom stereocenters. The fourth-order valence-electron chi connectivity index (χ4n) is 2.14. The van der Waals surface area contributed by atoms with Crippen molar-refractivity contribution in [2.45, 2.75) is 12.8 Å². The van der Waals surface area contributed by atoms with Crippen LogP contribution in [0.4, 0.5) is 0 Å². The van der Waals surface area contributed by atoms with Crippen LogP contribution in [0.1, 0.15) is 12.8 Å². The molecule has 0 aromatic carbocycles. The van der Waals surface area contributed by atoms with Crippen molar-refractivity contribution in [2.75, 3.05) is 0 Å². The van der Waals surface area contributed by atoms with Crippen LogP contribution in [-0.2, 0) is 0 Å². The van der Waals surface area contributed by atoms with Gasteiger partial charge in [0.2, 0.25) is 0 Å². The second-order valence-corrected chi connectivity index (χ2v) is 4.04. The van der Waals surface area contributed by atoms with Gasteiger partial charge in [0.05, 0.1) is 24.0 Å². The predicted octanol–water partition coefficient (Wildman–Crippen LogP) is 3.04. The van der Waals surface area contributed by atoms with Gasteiger partial charge in [0.25, 0.3) is 0 Å². The summed E-state index contributed by atoms with van der Waals surface area (Å²) < 4.78 is 0. The maximum Gasteiger partial charge on any atom is 0.0673 e. The molecule has 0 aliphatic heterocycles. The summed E-state index contributed by atoms with van der Waals surface area (Å²) in [5, 5.41) is 17.9. The van der Waals surface area contributed by atoms with Crippen molar-refractivity contribution in [1.82, 2.24) is 0 Å². The van der Waals surface area contributed by atoms with E-state index in [9.17, 15) is 0 Å². The zero-order valence-corrected chi connectivity index (χ0v) is 8.93. The van der Waals surface area contributed by atoms with E-state index in [0.717, 1.165) is 18.4 Å². The maximum absolute atomic E-state index is 8.97. The molecule has 2 nitrogen and oxygen atoms in total. The van der Waals surface area contributed by atoms with Gasteiger partial charge in [-0.15, -0.1) is 0 Å². The third kappa shape index (κ3) is 1.97. The summed E-state index contributed by atoms with van der Waals surface area (Å²) in [6, 6.07) is 4.46. The van der Waals surface area contributed by atoms with Crippen LogP contribution in [0.25, 0.3) is 0 Å². The molecule has 16 heavy (non-hydrogen) atoms. The minimum absolute atomic E-state index is 0.134. The van der Waals surface area contributed by atoms with Crippen LogP contribution >= 0.6 is 0 Å². The molecule has 0 saturated heterocycles. The highest BCUT2D eigenvalue weighted by molar-refractivity contribution is 5.43. The van der Waals surface area contributed by atoms with Crippen molar-refractivity contribution >= 4 is 0 Å².